The molecule has 90 valence electrons. The van der Waals surface area contributed by atoms with Crippen LogP contribution in [0, 0.1) is 0 Å². The van der Waals surface area contributed by atoms with Gasteiger partial charge in [-0.15, -0.1) is 0 Å². The summed E-state index contributed by atoms with van der Waals surface area (Å²) in [6, 6.07) is 10.3. The van der Waals surface area contributed by atoms with Gasteiger partial charge in [0.15, 0.2) is 0 Å². The molecule has 0 spiro atoms. The Labute approximate surface area is 107 Å². The smallest absolute Gasteiger partial charge is 0.135 e. The van der Waals surface area contributed by atoms with Gasteiger partial charge in [-0.1, -0.05) is 31.5 Å². The zero-order valence-electron chi connectivity index (χ0n) is 10.0. The van der Waals surface area contributed by atoms with E-state index in [0.717, 1.165) is 22.9 Å². The van der Waals surface area contributed by atoms with Crippen LogP contribution in [-0.2, 0) is 6.54 Å². The summed E-state index contributed by atoms with van der Waals surface area (Å²) < 4.78 is 5.34. The minimum absolute atomic E-state index is 0.471. The highest BCUT2D eigenvalue weighted by molar-refractivity contribution is 6.33. The zero-order valence-corrected chi connectivity index (χ0v) is 10.8. The van der Waals surface area contributed by atoms with Crippen molar-refractivity contribution in [2.75, 3.05) is 0 Å². The summed E-state index contributed by atoms with van der Waals surface area (Å²) in [6.45, 7) is 5.08. The van der Waals surface area contributed by atoms with Crippen LogP contribution in [0.2, 0.25) is 5.02 Å². The fraction of sp³-hybridized carbons (Fsp3) is 0.286. The van der Waals surface area contributed by atoms with Crippen LogP contribution in [0.5, 0.6) is 0 Å². The van der Waals surface area contributed by atoms with Crippen LogP contribution >= 0.6 is 11.6 Å². The summed E-state index contributed by atoms with van der Waals surface area (Å²) in [4.78, 5) is 0. The first kappa shape index (κ1) is 12.2. The normalized spacial score (nSPS) is 11.1. The average molecular weight is 250 g/mol. The van der Waals surface area contributed by atoms with E-state index >= 15 is 0 Å². The number of hydrogen-bond acceptors (Lipinski definition) is 2. The summed E-state index contributed by atoms with van der Waals surface area (Å²) in [5, 5.41) is 4.09. The number of nitrogens with one attached hydrogen (secondary N) is 1. The first-order valence-electron chi connectivity index (χ1n) is 5.72. The molecule has 0 aliphatic carbocycles. The summed E-state index contributed by atoms with van der Waals surface area (Å²) >= 11 is 6.25. The van der Waals surface area contributed by atoms with Gasteiger partial charge in [-0.2, -0.15) is 0 Å². The summed E-state index contributed by atoms with van der Waals surface area (Å²) in [6.07, 6.45) is 1.65. The van der Waals surface area contributed by atoms with E-state index in [-0.39, 0.29) is 0 Å². The Kier molecular flexibility index (Phi) is 3.87. The van der Waals surface area contributed by atoms with E-state index in [9.17, 15) is 0 Å². The van der Waals surface area contributed by atoms with Crippen molar-refractivity contribution in [1.82, 2.24) is 5.32 Å². The van der Waals surface area contributed by atoms with Crippen LogP contribution in [0.4, 0.5) is 0 Å². The lowest BCUT2D eigenvalue weighted by molar-refractivity contribution is 0.581. The number of hydrogen-bond donors (Lipinski definition) is 1. The predicted octanol–water partition coefficient (Wildman–Crippen LogP) is 4.10. The van der Waals surface area contributed by atoms with E-state index in [0.29, 0.717) is 6.04 Å². The SMILES string of the molecule is CC(C)NCc1ccc(-c2ccco2)c(Cl)c1. The molecule has 1 aromatic carbocycles. The van der Waals surface area contributed by atoms with Crippen LogP contribution < -0.4 is 5.32 Å². The Bertz CT molecular complexity index is 477. The highest BCUT2D eigenvalue weighted by Gasteiger charge is 2.06. The minimum atomic E-state index is 0.471. The second-order valence-corrected chi connectivity index (χ2v) is 4.73. The molecule has 0 bridgehead atoms. The molecule has 0 saturated heterocycles. The van der Waals surface area contributed by atoms with Crippen molar-refractivity contribution in [1.29, 1.82) is 0 Å². The van der Waals surface area contributed by atoms with E-state index in [1.54, 1.807) is 6.26 Å². The van der Waals surface area contributed by atoms with Gasteiger partial charge in [0.05, 0.1) is 11.3 Å². The summed E-state index contributed by atoms with van der Waals surface area (Å²) in [5.41, 5.74) is 2.11. The van der Waals surface area contributed by atoms with Crippen molar-refractivity contribution in [3.8, 4) is 11.3 Å². The van der Waals surface area contributed by atoms with Crippen molar-refractivity contribution in [2.45, 2.75) is 26.4 Å². The molecule has 0 atom stereocenters. The van der Waals surface area contributed by atoms with Gasteiger partial charge in [0.2, 0.25) is 0 Å². The highest BCUT2D eigenvalue weighted by Crippen LogP contribution is 2.28. The Morgan fingerprint density at radius 1 is 1.29 bits per heavy atom. The lowest BCUT2D eigenvalue weighted by Gasteiger charge is -2.09. The molecule has 0 amide bonds. The van der Waals surface area contributed by atoms with Crippen LogP contribution in [0.25, 0.3) is 11.3 Å². The molecule has 1 aromatic heterocycles. The maximum atomic E-state index is 6.25. The fourth-order valence-corrected chi connectivity index (χ4v) is 1.92. The van der Waals surface area contributed by atoms with E-state index in [1.807, 2.05) is 24.3 Å². The maximum absolute atomic E-state index is 6.25. The lowest BCUT2D eigenvalue weighted by atomic mass is 10.1. The van der Waals surface area contributed by atoms with Crippen molar-refractivity contribution in [3.63, 3.8) is 0 Å². The van der Waals surface area contributed by atoms with Crippen LogP contribution in [0.15, 0.2) is 41.0 Å². The first-order chi connectivity index (χ1) is 8.16. The van der Waals surface area contributed by atoms with Crippen molar-refractivity contribution in [2.24, 2.45) is 0 Å². The standard InChI is InChI=1S/C14H16ClNO/c1-10(2)16-9-11-5-6-12(13(15)8-11)14-4-3-7-17-14/h3-8,10,16H,9H2,1-2H3. The first-order valence-corrected chi connectivity index (χ1v) is 6.10. The molecule has 17 heavy (non-hydrogen) atoms. The van der Waals surface area contributed by atoms with Gasteiger partial charge in [0.25, 0.3) is 0 Å². The molecule has 2 rings (SSSR count). The molecule has 0 saturated carbocycles. The molecule has 3 heteroatoms. The van der Waals surface area contributed by atoms with Gasteiger partial charge in [0.1, 0.15) is 5.76 Å². The van der Waals surface area contributed by atoms with Gasteiger partial charge >= 0.3 is 0 Å². The Balaban J connectivity index is 2.17. The molecule has 0 aliphatic rings. The van der Waals surface area contributed by atoms with E-state index in [4.69, 9.17) is 16.0 Å². The number of rotatable bonds is 4. The zero-order chi connectivity index (χ0) is 12.3. The third-order valence-electron chi connectivity index (χ3n) is 2.53. The number of benzene rings is 1. The number of furan rings is 1. The number of halogens is 1. The fourth-order valence-electron chi connectivity index (χ4n) is 1.62. The second kappa shape index (κ2) is 5.39. The molecule has 2 nitrogen and oxygen atoms in total. The molecule has 2 aromatic rings. The van der Waals surface area contributed by atoms with Gasteiger partial charge < -0.3 is 9.73 Å². The van der Waals surface area contributed by atoms with Crippen LogP contribution in [0.1, 0.15) is 19.4 Å². The van der Waals surface area contributed by atoms with E-state index in [2.05, 4.69) is 25.2 Å². The maximum Gasteiger partial charge on any atom is 0.135 e. The van der Waals surface area contributed by atoms with Gasteiger partial charge in [0, 0.05) is 18.2 Å². The molecule has 0 aliphatic heterocycles. The topological polar surface area (TPSA) is 25.2 Å². The monoisotopic (exact) mass is 249 g/mol. The van der Waals surface area contributed by atoms with Crippen molar-refractivity contribution in [3.05, 3.63) is 47.2 Å². The predicted molar refractivity (Wildman–Crippen MR) is 71.1 cm³/mol. The largest absolute Gasteiger partial charge is 0.464 e. The minimum Gasteiger partial charge on any atom is -0.464 e. The summed E-state index contributed by atoms with van der Waals surface area (Å²) in [5.74, 6) is 0.804. The molecular formula is C14H16ClNO. The third-order valence-corrected chi connectivity index (χ3v) is 2.85. The molecule has 1 heterocycles. The van der Waals surface area contributed by atoms with Crippen LogP contribution in [-0.4, -0.2) is 6.04 Å². The van der Waals surface area contributed by atoms with Gasteiger partial charge in [-0.3, -0.25) is 0 Å². The molecule has 0 unspecified atom stereocenters. The molecule has 0 fully saturated rings. The quantitative estimate of drug-likeness (QED) is 0.883. The third kappa shape index (κ3) is 3.11. The second-order valence-electron chi connectivity index (χ2n) is 4.33. The molecule has 1 N–H and O–H groups in total. The highest BCUT2D eigenvalue weighted by atomic mass is 35.5. The van der Waals surface area contributed by atoms with Crippen molar-refractivity contribution < 1.29 is 4.42 Å². The Hall–Kier alpha value is -1.25. The summed E-state index contributed by atoms with van der Waals surface area (Å²) in [7, 11) is 0. The average Bonchev–Trinajstić information content (AvgIpc) is 2.79. The van der Waals surface area contributed by atoms with Crippen molar-refractivity contribution >= 4 is 11.6 Å². The van der Waals surface area contributed by atoms with Crippen LogP contribution in [0.3, 0.4) is 0 Å². The lowest BCUT2D eigenvalue weighted by Crippen LogP contribution is -2.21. The van der Waals surface area contributed by atoms with E-state index < -0.39 is 0 Å². The molecular weight excluding hydrogens is 234 g/mol. The van der Waals surface area contributed by atoms with Gasteiger partial charge in [-0.25, -0.2) is 0 Å². The molecule has 0 radical (unpaired) electrons. The Morgan fingerprint density at radius 3 is 2.71 bits per heavy atom. The Morgan fingerprint density at radius 2 is 2.12 bits per heavy atom. The van der Waals surface area contributed by atoms with Gasteiger partial charge in [-0.05, 0) is 29.8 Å². The van der Waals surface area contributed by atoms with E-state index in [1.165, 1.54) is 5.56 Å².